The average Bonchev–Trinajstić information content (AvgIpc) is 3.21. The Morgan fingerprint density at radius 3 is 2.21 bits per heavy atom. The molecule has 0 amide bonds. The van der Waals surface area contributed by atoms with Crippen LogP contribution in [-0.4, -0.2) is 36.9 Å². The van der Waals surface area contributed by atoms with Gasteiger partial charge in [-0.2, -0.15) is 13.2 Å². The van der Waals surface area contributed by atoms with E-state index in [0.717, 1.165) is 0 Å². The van der Waals surface area contributed by atoms with Crippen LogP contribution in [0.3, 0.4) is 0 Å². The Morgan fingerprint density at radius 2 is 1.68 bits per heavy atom. The number of esters is 2. The van der Waals surface area contributed by atoms with Crippen LogP contribution in [-0.2, 0) is 31.7 Å². The number of halogens is 3. The third-order valence-corrected chi connectivity index (χ3v) is 4.23. The van der Waals surface area contributed by atoms with Crippen LogP contribution in [0.15, 0.2) is 12.1 Å². The summed E-state index contributed by atoms with van der Waals surface area (Å²) in [6, 6.07) is 2.78. The normalized spacial score (nSPS) is 13.2. The highest BCUT2D eigenvalue weighted by Crippen LogP contribution is 2.42. The number of aromatic amines is 1. The van der Waals surface area contributed by atoms with Crippen molar-refractivity contribution in [2.24, 2.45) is 5.92 Å². The number of carbonyl (C=O) groups is 2. The summed E-state index contributed by atoms with van der Waals surface area (Å²) in [5.74, 6) is -2.81. The molecule has 0 aliphatic carbocycles. The molecule has 2 heterocycles. The first kappa shape index (κ1) is 19.8. The standard InChI is InChI=1S/C18H18F3NO6/c1-3-25-16(23)11(17(24)26-4-2)5-10-9-6-13-14(28-8-27-13)7-12(9)22-15(10)18(19,20)21/h6-7,11,22H,3-5,8H2,1-2H3. The van der Waals surface area contributed by atoms with E-state index in [1.54, 1.807) is 0 Å². The Bertz CT molecular complexity index is 887. The molecule has 2 aromatic rings. The summed E-state index contributed by atoms with van der Waals surface area (Å²) >= 11 is 0. The van der Waals surface area contributed by atoms with E-state index in [-0.39, 0.29) is 42.2 Å². The Kier molecular flexibility index (Phi) is 5.39. The van der Waals surface area contributed by atoms with E-state index in [4.69, 9.17) is 18.9 Å². The van der Waals surface area contributed by atoms with Gasteiger partial charge in [-0.15, -0.1) is 0 Å². The molecule has 0 fully saturated rings. The molecule has 7 nitrogen and oxygen atoms in total. The minimum absolute atomic E-state index is 0.0204. The fourth-order valence-electron chi connectivity index (χ4n) is 3.05. The molecule has 1 aromatic carbocycles. The molecule has 1 N–H and O–H groups in total. The lowest BCUT2D eigenvalue weighted by atomic mass is 9.96. The maximum atomic E-state index is 13.6. The average molecular weight is 401 g/mol. The summed E-state index contributed by atoms with van der Waals surface area (Å²) < 4.78 is 61.0. The van der Waals surface area contributed by atoms with E-state index in [0.29, 0.717) is 5.75 Å². The number of alkyl halides is 3. The molecule has 0 radical (unpaired) electrons. The van der Waals surface area contributed by atoms with Crippen LogP contribution in [0.1, 0.15) is 25.1 Å². The first-order chi connectivity index (χ1) is 13.3. The van der Waals surface area contributed by atoms with Gasteiger partial charge in [0.1, 0.15) is 5.69 Å². The van der Waals surface area contributed by atoms with Gasteiger partial charge in [-0.3, -0.25) is 9.59 Å². The van der Waals surface area contributed by atoms with E-state index in [9.17, 15) is 22.8 Å². The molecule has 0 saturated carbocycles. The van der Waals surface area contributed by atoms with Gasteiger partial charge >= 0.3 is 18.1 Å². The van der Waals surface area contributed by atoms with Crippen molar-refractivity contribution >= 4 is 22.8 Å². The maximum Gasteiger partial charge on any atom is 0.431 e. The zero-order valence-corrected chi connectivity index (χ0v) is 15.1. The lowest BCUT2D eigenvalue weighted by Gasteiger charge is -2.16. The first-order valence-corrected chi connectivity index (χ1v) is 8.60. The second kappa shape index (κ2) is 7.61. The second-order valence-corrected chi connectivity index (χ2v) is 5.99. The van der Waals surface area contributed by atoms with Crippen molar-refractivity contribution in [1.29, 1.82) is 0 Å². The summed E-state index contributed by atoms with van der Waals surface area (Å²) in [6.45, 7) is 2.99. The number of nitrogens with one attached hydrogen (secondary N) is 1. The number of aromatic nitrogens is 1. The van der Waals surface area contributed by atoms with Crippen molar-refractivity contribution < 1.29 is 41.7 Å². The van der Waals surface area contributed by atoms with Crippen LogP contribution in [0, 0.1) is 5.92 Å². The molecule has 0 atom stereocenters. The monoisotopic (exact) mass is 401 g/mol. The van der Waals surface area contributed by atoms with Crippen molar-refractivity contribution in [2.45, 2.75) is 26.4 Å². The third-order valence-electron chi connectivity index (χ3n) is 4.23. The van der Waals surface area contributed by atoms with Gasteiger partial charge in [0, 0.05) is 11.5 Å². The van der Waals surface area contributed by atoms with Gasteiger partial charge in [-0.1, -0.05) is 0 Å². The summed E-state index contributed by atoms with van der Waals surface area (Å²) in [5.41, 5.74) is -1.14. The number of hydrogen-bond acceptors (Lipinski definition) is 6. The molecule has 28 heavy (non-hydrogen) atoms. The van der Waals surface area contributed by atoms with Gasteiger partial charge in [0.2, 0.25) is 6.79 Å². The van der Waals surface area contributed by atoms with Crippen LogP contribution >= 0.6 is 0 Å². The topological polar surface area (TPSA) is 86.9 Å². The fraction of sp³-hybridized carbons (Fsp3) is 0.444. The van der Waals surface area contributed by atoms with Crippen molar-refractivity contribution in [3.05, 3.63) is 23.4 Å². The summed E-state index contributed by atoms with van der Waals surface area (Å²) in [6.07, 6.45) is -5.26. The molecule has 0 saturated heterocycles. The molecule has 1 aromatic heterocycles. The zero-order chi connectivity index (χ0) is 20.5. The van der Waals surface area contributed by atoms with Crippen molar-refractivity contribution in [3.8, 4) is 11.5 Å². The van der Waals surface area contributed by atoms with Crippen LogP contribution < -0.4 is 9.47 Å². The van der Waals surface area contributed by atoms with E-state index < -0.39 is 36.1 Å². The fourth-order valence-corrected chi connectivity index (χ4v) is 3.05. The minimum atomic E-state index is -4.73. The first-order valence-electron chi connectivity index (χ1n) is 8.60. The number of carbonyl (C=O) groups excluding carboxylic acids is 2. The number of hydrogen-bond donors (Lipinski definition) is 1. The molecule has 1 aliphatic heterocycles. The third kappa shape index (κ3) is 3.71. The van der Waals surface area contributed by atoms with Gasteiger partial charge in [0.05, 0.1) is 18.7 Å². The van der Waals surface area contributed by atoms with Gasteiger partial charge in [-0.05, 0) is 31.9 Å². The van der Waals surface area contributed by atoms with Crippen LogP contribution in [0.2, 0.25) is 0 Å². The highest BCUT2D eigenvalue weighted by Gasteiger charge is 2.40. The quantitative estimate of drug-likeness (QED) is 0.591. The van der Waals surface area contributed by atoms with Crippen LogP contribution in [0.5, 0.6) is 11.5 Å². The van der Waals surface area contributed by atoms with Crippen molar-refractivity contribution in [2.75, 3.05) is 20.0 Å². The van der Waals surface area contributed by atoms with E-state index in [1.165, 1.54) is 26.0 Å². The van der Waals surface area contributed by atoms with E-state index in [2.05, 4.69) is 4.98 Å². The Labute approximate surface area is 157 Å². The number of rotatable bonds is 6. The maximum absolute atomic E-state index is 13.6. The highest BCUT2D eigenvalue weighted by atomic mass is 19.4. The SMILES string of the molecule is CCOC(=O)C(Cc1c(C(F)(F)F)[nH]c2cc3c(cc12)OCO3)C(=O)OCC. The molecular weight excluding hydrogens is 383 g/mol. The molecule has 0 spiro atoms. The van der Waals surface area contributed by atoms with Gasteiger partial charge in [-0.25, -0.2) is 0 Å². The predicted molar refractivity (Wildman–Crippen MR) is 89.9 cm³/mol. The zero-order valence-electron chi connectivity index (χ0n) is 15.1. The number of benzene rings is 1. The lowest BCUT2D eigenvalue weighted by Crippen LogP contribution is -2.30. The number of fused-ring (bicyclic) bond motifs is 2. The predicted octanol–water partition coefficient (Wildman–Crippen LogP) is 3.20. The molecular formula is C18H18F3NO6. The Balaban J connectivity index is 2.10. The minimum Gasteiger partial charge on any atom is -0.465 e. The Hall–Kier alpha value is -2.91. The van der Waals surface area contributed by atoms with Crippen molar-refractivity contribution in [1.82, 2.24) is 4.98 Å². The summed E-state index contributed by atoms with van der Waals surface area (Å²) in [5, 5.41) is 0.176. The smallest absolute Gasteiger partial charge is 0.431 e. The van der Waals surface area contributed by atoms with Crippen LogP contribution in [0.4, 0.5) is 13.2 Å². The van der Waals surface area contributed by atoms with Crippen molar-refractivity contribution in [3.63, 3.8) is 0 Å². The van der Waals surface area contributed by atoms with Gasteiger partial charge in [0.15, 0.2) is 17.4 Å². The molecule has 10 heteroatoms. The Morgan fingerprint density at radius 1 is 1.11 bits per heavy atom. The number of ether oxygens (including phenoxy) is 4. The lowest BCUT2D eigenvalue weighted by molar-refractivity contribution is -0.162. The summed E-state index contributed by atoms with van der Waals surface area (Å²) in [7, 11) is 0. The molecule has 0 bridgehead atoms. The van der Waals surface area contributed by atoms with Gasteiger partial charge < -0.3 is 23.9 Å². The molecule has 1 aliphatic rings. The molecule has 152 valence electrons. The highest BCUT2D eigenvalue weighted by molar-refractivity contribution is 5.96. The molecule has 3 rings (SSSR count). The molecule has 0 unspecified atom stereocenters. The second-order valence-electron chi connectivity index (χ2n) is 5.99. The van der Waals surface area contributed by atoms with E-state index >= 15 is 0 Å². The van der Waals surface area contributed by atoms with Gasteiger partial charge in [0.25, 0.3) is 0 Å². The van der Waals surface area contributed by atoms with Crippen LogP contribution in [0.25, 0.3) is 10.9 Å². The largest absolute Gasteiger partial charge is 0.465 e. The van der Waals surface area contributed by atoms with E-state index in [1.807, 2.05) is 0 Å². The number of H-pyrrole nitrogens is 1. The summed E-state index contributed by atoms with van der Waals surface area (Å²) in [4.78, 5) is 26.7.